The molecular weight excluding hydrogens is 448 g/mol. The van der Waals surface area contributed by atoms with Crippen LogP contribution in [-0.2, 0) is 21.7 Å². The van der Waals surface area contributed by atoms with Crippen LogP contribution in [0.25, 0.3) is 16.6 Å². The molecule has 4 aromatic rings. The molecule has 3 aromatic carbocycles. The van der Waals surface area contributed by atoms with E-state index < -0.39 is 11.8 Å². The van der Waals surface area contributed by atoms with Gasteiger partial charge in [0.25, 0.3) is 5.79 Å². The van der Waals surface area contributed by atoms with Crippen molar-refractivity contribution in [2.75, 3.05) is 0 Å². The molecule has 0 saturated heterocycles. The first-order valence-corrected chi connectivity index (χ1v) is 11.8. The standard InChI is InChI=1S/C27H24N2O4S/c1-16(2)32-21-11-9-20(10-12-21)27(31)22(14-18-6-4-17(3)5-7-18)25(26(30)33-27)19-8-13-23-24(15-19)29-34-28-23/h4-13,15-16,31H,14H2,1-3H3. The van der Waals surface area contributed by atoms with Gasteiger partial charge in [-0.25, -0.2) is 4.79 Å². The second kappa shape index (κ2) is 8.66. The van der Waals surface area contributed by atoms with Crippen LogP contribution < -0.4 is 4.74 Å². The molecule has 7 heteroatoms. The molecule has 1 aliphatic rings. The Kier molecular flexibility index (Phi) is 5.67. The summed E-state index contributed by atoms with van der Waals surface area (Å²) in [4.78, 5) is 13.2. The second-order valence-corrected chi connectivity index (χ2v) is 9.24. The molecule has 0 aliphatic carbocycles. The summed E-state index contributed by atoms with van der Waals surface area (Å²) >= 11 is 1.12. The van der Waals surface area contributed by atoms with E-state index in [0.717, 1.165) is 28.4 Å². The van der Waals surface area contributed by atoms with Gasteiger partial charge < -0.3 is 14.6 Å². The molecule has 0 saturated carbocycles. The molecule has 6 nitrogen and oxygen atoms in total. The molecule has 172 valence electrons. The van der Waals surface area contributed by atoms with Crippen LogP contribution in [-0.4, -0.2) is 25.9 Å². The van der Waals surface area contributed by atoms with E-state index in [0.29, 0.717) is 40.0 Å². The summed E-state index contributed by atoms with van der Waals surface area (Å²) in [6, 6.07) is 20.5. The first-order chi connectivity index (χ1) is 16.3. The fourth-order valence-corrected chi connectivity index (χ4v) is 4.67. The Balaban J connectivity index is 1.64. The number of aliphatic hydroxyl groups is 1. The van der Waals surface area contributed by atoms with Crippen molar-refractivity contribution in [3.8, 4) is 5.75 Å². The number of esters is 1. The molecule has 2 heterocycles. The van der Waals surface area contributed by atoms with E-state index in [1.165, 1.54) is 0 Å². The lowest BCUT2D eigenvalue weighted by atomic mass is 9.88. The number of nitrogens with zero attached hydrogens (tertiary/aromatic N) is 2. The minimum Gasteiger partial charge on any atom is -0.491 e. The van der Waals surface area contributed by atoms with Crippen molar-refractivity contribution < 1.29 is 19.4 Å². The van der Waals surface area contributed by atoms with Crippen molar-refractivity contribution in [3.05, 3.63) is 94.6 Å². The minimum atomic E-state index is -1.90. The highest BCUT2D eigenvalue weighted by Crippen LogP contribution is 2.45. The molecule has 1 aromatic heterocycles. The van der Waals surface area contributed by atoms with Gasteiger partial charge in [-0.15, -0.1) is 0 Å². The van der Waals surface area contributed by atoms with Gasteiger partial charge in [0.2, 0.25) is 0 Å². The van der Waals surface area contributed by atoms with Gasteiger partial charge in [-0.3, -0.25) is 0 Å². The molecule has 0 radical (unpaired) electrons. The maximum Gasteiger partial charge on any atom is 0.342 e. The molecule has 1 N–H and O–H groups in total. The average molecular weight is 473 g/mol. The summed E-state index contributed by atoms with van der Waals surface area (Å²) in [5.41, 5.74) is 5.50. The lowest BCUT2D eigenvalue weighted by molar-refractivity contribution is -0.185. The van der Waals surface area contributed by atoms with Gasteiger partial charge in [0.15, 0.2) is 0 Å². The number of rotatable bonds is 6. The summed E-state index contributed by atoms with van der Waals surface area (Å²) in [6.07, 6.45) is 0.368. The number of aromatic nitrogens is 2. The molecule has 1 unspecified atom stereocenters. The van der Waals surface area contributed by atoms with Crippen LogP contribution in [0, 0.1) is 6.92 Å². The van der Waals surface area contributed by atoms with Gasteiger partial charge in [0.05, 0.1) is 23.4 Å². The zero-order chi connectivity index (χ0) is 23.9. The fraction of sp³-hybridized carbons (Fsp3) is 0.222. The van der Waals surface area contributed by atoms with Crippen LogP contribution >= 0.6 is 11.7 Å². The number of aryl methyl sites for hydroxylation is 1. The minimum absolute atomic E-state index is 0.0250. The summed E-state index contributed by atoms with van der Waals surface area (Å²) in [7, 11) is 0. The van der Waals surface area contributed by atoms with Crippen LogP contribution in [0.2, 0.25) is 0 Å². The van der Waals surface area contributed by atoms with Crippen molar-refractivity contribution in [2.45, 2.75) is 39.1 Å². The molecule has 0 amide bonds. The molecule has 1 aliphatic heterocycles. The van der Waals surface area contributed by atoms with Gasteiger partial charge >= 0.3 is 5.97 Å². The number of benzene rings is 3. The van der Waals surface area contributed by atoms with Gasteiger partial charge in [-0.05, 0) is 68.3 Å². The lowest BCUT2D eigenvalue weighted by Gasteiger charge is -2.26. The average Bonchev–Trinajstić information content (AvgIpc) is 3.37. The summed E-state index contributed by atoms with van der Waals surface area (Å²) in [6.45, 7) is 5.91. The highest BCUT2D eigenvalue weighted by Gasteiger charge is 2.48. The third-order valence-electron chi connectivity index (χ3n) is 5.82. The predicted octanol–water partition coefficient (Wildman–Crippen LogP) is 5.19. The SMILES string of the molecule is Cc1ccc(CC2=C(c3ccc4nsnc4c3)C(=O)OC2(O)c2ccc(OC(C)C)cc2)cc1. The molecular formula is C27H24N2O4S. The van der Waals surface area contributed by atoms with Crippen molar-refractivity contribution in [1.82, 2.24) is 8.75 Å². The Hall–Kier alpha value is -3.55. The largest absolute Gasteiger partial charge is 0.491 e. The summed E-state index contributed by atoms with van der Waals surface area (Å²) in [5, 5.41) is 11.8. The van der Waals surface area contributed by atoms with Crippen molar-refractivity contribution in [3.63, 3.8) is 0 Å². The highest BCUT2D eigenvalue weighted by atomic mass is 32.1. The second-order valence-electron chi connectivity index (χ2n) is 8.71. The molecule has 0 spiro atoms. The van der Waals surface area contributed by atoms with E-state index in [-0.39, 0.29) is 6.10 Å². The Bertz CT molecular complexity index is 1390. The smallest absolute Gasteiger partial charge is 0.342 e. The number of carbonyl (C=O) groups excluding carboxylic acids is 1. The molecule has 0 bridgehead atoms. The maximum atomic E-state index is 13.2. The normalized spacial score (nSPS) is 18.1. The molecule has 0 fully saturated rings. The van der Waals surface area contributed by atoms with E-state index in [1.807, 2.05) is 63.2 Å². The van der Waals surface area contributed by atoms with E-state index in [1.54, 1.807) is 24.3 Å². The van der Waals surface area contributed by atoms with Gasteiger partial charge in [-0.2, -0.15) is 8.75 Å². The van der Waals surface area contributed by atoms with E-state index in [2.05, 4.69) is 8.75 Å². The Morgan fingerprint density at radius 1 is 1.00 bits per heavy atom. The number of carbonyl (C=O) groups is 1. The monoisotopic (exact) mass is 472 g/mol. The van der Waals surface area contributed by atoms with E-state index in [9.17, 15) is 9.90 Å². The predicted molar refractivity (Wildman–Crippen MR) is 131 cm³/mol. The van der Waals surface area contributed by atoms with Crippen LogP contribution in [0.3, 0.4) is 0 Å². The zero-order valence-corrected chi connectivity index (χ0v) is 19.9. The first-order valence-electron chi connectivity index (χ1n) is 11.1. The topological polar surface area (TPSA) is 81.5 Å². The maximum absolute atomic E-state index is 13.2. The molecule has 34 heavy (non-hydrogen) atoms. The summed E-state index contributed by atoms with van der Waals surface area (Å²) in [5.74, 6) is -1.80. The Morgan fingerprint density at radius 3 is 2.41 bits per heavy atom. The van der Waals surface area contributed by atoms with Crippen LogP contribution in [0.1, 0.15) is 36.1 Å². The van der Waals surface area contributed by atoms with Gasteiger partial charge in [0, 0.05) is 17.6 Å². The molecule has 1 atom stereocenters. The summed E-state index contributed by atoms with van der Waals surface area (Å²) < 4.78 is 20.0. The van der Waals surface area contributed by atoms with Crippen LogP contribution in [0.5, 0.6) is 5.75 Å². The third kappa shape index (κ3) is 4.08. The number of fused-ring (bicyclic) bond motifs is 1. The van der Waals surface area contributed by atoms with Gasteiger partial charge in [-0.1, -0.05) is 35.9 Å². The number of cyclic esters (lactones) is 1. The Labute approximate surface area is 201 Å². The number of ether oxygens (including phenoxy) is 2. The van der Waals surface area contributed by atoms with Gasteiger partial charge in [0.1, 0.15) is 16.8 Å². The third-order valence-corrected chi connectivity index (χ3v) is 6.37. The number of hydrogen-bond acceptors (Lipinski definition) is 7. The van der Waals surface area contributed by atoms with Crippen LogP contribution in [0.4, 0.5) is 0 Å². The van der Waals surface area contributed by atoms with E-state index >= 15 is 0 Å². The quantitative estimate of drug-likeness (QED) is 0.389. The number of hydrogen-bond donors (Lipinski definition) is 1. The molecule has 5 rings (SSSR count). The van der Waals surface area contributed by atoms with Crippen molar-refractivity contribution in [2.24, 2.45) is 0 Å². The van der Waals surface area contributed by atoms with E-state index in [4.69, 9.17) is 9.47 Å². The highest BCUT2D eigenvalue weighted by molar-refractivity contribution is 7.00. The fourth-order valence-electron chi connectivity index (χ4n) is 4.15. The lowest BCUT2D eigenvalue weighted by Crippen LogP contribution is -2.29. The van der Waals surface area contributed by atoms with Crippen LogP contribution in [0.15, 0.2) is 72.3 Å². The van der Waals surface area contributed by atoms with Crippen molar-refractivity contribution in [1.29, 1.82) is 0 Å². The Morgan fingerprint density at radius 2 is 1.71 bits per heavy atom. The van der Waals surface area contributed by atoms with Crippen molar-refractivity contribution >= 4 is 34.3 Å². The zero-order valence-electron chi connectivity index (χ0n) is 19.1. The first kappa shape index (κ1) is 22.3.